The number of aromatic nitrogens is 1. The standard InChI is InChI=1S/C12H16ClN3O/c13-10-3-6-15-8-11(10)16-12(17)7-9-1-4-14-5-2-9/h3,6,8-9,14H,1-2,4-5,7H2,(H,16,17). The molecule has 0 atom stereocenters. The molecule has 0 saturated carbocycles. The van der Waals surface area contributed by atoms with Gasteiger partial charge in [-0.05, 0) is 37.9 Å². The van der Waals surface area contributed by atoms with Crippen LogP contribution in [0.2, 0.25) is 5.02 Å². The maximum Gasteiger partial charge on any atom is 0.224 e. The maximum atomic E-state index is 11.8. The average molecular weight is 254 g/mol. The second-order valence-electron chi connectivity index (χ2n) is 4.30. The molecule has 0 aromatic carbocycles. The fourth-order valence-electron chi connectivity index (χ4n) is 2.02. The highest BCUT2D eigenvalue weighted by Crippen LogP contribution is 2.21. The summed E-state index contributed by atoms with van der Waals surface area (Å²) in [4.78, 5) is 15.8. The predicted octanol–water partition coefficient (Wildman–Crippen LogP) is 2.06. The van der Waals surface area contributed by atoms with Crippen LogP contribution in [0.3, 0.4) is 0 Å². The Morgan fingerprint density at radius 3 is 3.00 bits per heavy atom. The van der Waals surface area contributed by atoms with Gasteiger partial charge in [-0.25, -0.2) is 0 Å². The van der Waals surface area contributed by atoms with Crippen LogP contribution >= 0.6 is 11.6 Å². The first-order valence-corrected chi connectivity index (χ1v) is 6.23. The quantitative estimate of drug-likeness (QED) is 0.867. The molecule has 2 heterocycles. The van der Waals surface area contributed by atoms with E-state index in [4.69, 9.17) is 11.6 Å². The summed E-state index contributed by atoms with van der Waals surface area (Å²) >= 11 is 5.95. The first kappa shape index (κ1) is 12.3. The van der Waals surface area contributed by atoms with Crippen molar-refractivity contribution >= 4 is 23.2 Å². The van der Waals surface area contributed by atoms with E-state index in [1.165, 1.54) is 0 Å². The number of carbonyl (C=O) groups is 1. The number of pyridine rings is 1. The number of anilines is 1. The summed E-state index contributed by atoms with van der Waals surface area (Å²) in [6, 6.07) is 1.67. The fraction of sp³-hybridized carbons (Fsp3) is 0.500. The van der Waals surface area contributed by atoms with Gasteiger partial charge in [-0.3, -0.25) is 9.78 Å². The lowest BCUT2D eigenvalue weighted by atomic mass is 9.94. The summed E-state index contributed by atoms with van der Waals surface area (Å²) in [5.41, 5.74) is 0.591. The number of halogens is 1. The molecule has 1 aromatic heterocycles. The van der Waals surface area contributed by atoms with Gasteiger partial charge in [-0.15, -0.1) is 0 Å². The third-order valence-corrected chi connectivity index (χ3v) is 3.30. The Hall–Kier alpha value is -1.13. The summed E-state index contributed by atoms with van der Waals surface area (Å²) in [7, 11) is 0. The van der Waals surface area contributed by atoms with Gasteiger partial charge in [0.2, 0.25) is 5.91 Å². The van der Waals surface area contributed by atoms with Crippen LogP contribution in [0.25, 0.3) is 0 Å². The van der Waals surface area contributed by atoms with Crippen LogP contribution < -0.4 is 10.6 Å². The van der Waals surface area contributed by atoms with Crippen molar-refractivity contribution in [3.05, 3.63) is 23.5 Å². The average Bonchev–Trinajstić information content (AvgIpc) is 2.33. The fourth-order valence-corrected chi connectivity index (χ4v) is 2.17. The Kier molecular flexibility index (Phi) is 4.34. The van der Waals surface area contributed by atoms with Crippen molar-refractivity contribution in [1.82, 2.24) is 10.3 Å². The summed E-state index contributed by atoms with van der Waals surface area (Å²) in [5, 5.41) is 6.61. The van der Waals surface area contributed by atoms with Crippen LogP contribution in [-0.4, -0.2) is 24.0 Å². The van der Waals surface area contributed by atoms with E-state index >= 15 is 0 Å². The van der Waals surface area contributed by atoms with Crippen LogP contribution in [-0.2, 0) is 4.79 Å². The molecular formula is C12H16ClN3O. The van der Waals surface area contributed by atoms with E-state index in [9.17, 15) is 4.79 Å². The van der Waals surface area contributed by atoms with Gasteiger partial charge in [0.15, 0.2) is 0 Å². The number of hydrogen-bond acceptors (Lipinski definition) is 3. The zero-order valence-electron chi connectivity index (χ0n) is 9.58. The molecule has 1 aliphatic rings. The molecule has 1 aromatic rings. The minimum atomic E-state index is 0.0202. The number of nitrogens with one attached hydrogen (secondary N) is 2. The van der Waals surface area contributed by atoms with E-state index in [1.807, 2.05) is 0 Å². The minimum absolute atomic E-state index is 0.0202. The highest BCUT2D eigenvalue weighted by Gasteiger charge is 2.17. The predicted molar refractivity (Wildman–Crippen MR) is 68.1 cm³/mol. The summed E-state index contributed by atoms with van der Waals surface area (Å²) in [5.74, 6) is 0.499. The van der Waals surface area contributed by atoms with Crippen LogP contribution in [0, 0.1) is 5.92 Å². The Morgan fingerprint density at radius 2 is 2.29 bits per heavy atom. The molecule has 1 amide bonds. The molecule has 2 rings (SSSR count). The molecule has 0 radical (unpaired) electrons. The van der Waals surface area contributed by atoms with E-state index < -0.39 is 0 Å². The van der Waals surface area contributed by atoms with Gasteiger partial charge in [0.05, 0.1) is 16.9 Å². The van der Waals surface area contributed by atoms with Crippen molar-refractivity contribution in [2.75, 3.05) is 18.4 Å². The van der Waals surface area contributed by atoms with Crippen molar-refractivity contribution in [2.45, 2.75) is 19.3 Å². The summed E-state index contributed by atoms with van der Waals surface area (Å²) in [6.45, 7) is 2.01. The van der Waals surface area contributed by atoms with Gasteiger partial charge in [0.1, 0.15) is 0 Å². The smallest absolute Gasteiger partial charge is 0.224 e. The second kappa shape index (κ2) is 5.98. The molecule has 1 aliphatic heterocycles. The van der Waals surface area contributed by atoms with E-state index in [2.05, 4.69) is 15.6 Å². The van der Waals surface area contributed by atoms with E-state index in [-0.39, 0.29) is 5.91 Å². The van der Waals surface area contributed by atoms with Crippen LogP contribution in [0.4, 0.5) is 5.69 Å². The molecule has 0 aliphatic carbocycles. The van der Waals surface area contributed by atoms with Crippen molar-refractivity contribution in [1.29, 1.82) is 0 Å². The molecule has 5 heteroatoms. The Labute approximate surface area is 106 Å². The highest BCUT2D eigenvalue weighted by molar-refractivity contribution is 6.33. The van der Waals surface area contributed by atoms with Gasteiger partial charge >= 0.3 is 0 Å². The number of piperidine rings is 1. The lowest BCUT2D eigenvalue weighted by molar-refractivity contribution is -0.117. The highest BCUT2D eigenvalue weighted by atomic mass is 35.5. The van der Waals surface area contributed by atoms with E-state index in [1.54, 1.807) is 18.5 Å². The SMILES string of the molecule is O=C(CC1CCNCC1)Nc1cnccc1Cl. The second-order valence-corrected chi connectivity index (χ2v) is 4.71. The minimum Gasteiger partial charge on any atom is -0.323 e. The molecule has 17 heavy (non-hydrogen) atoms. The summed E-state index contributed by atoms with van der Waals surface area (Å²) in [6.07, 6.45) is 5.86. The molecule has 4 nitrogen and oxygen atoms in total. The van der Waals surface area contributed by atoms with Gasteiger partial charge in [-0.2, -0.15) is 0 Å². The van der Waals surface area contributed by atoms with Gasteiger partial charge in [0, 0.05) is 12.6 Å². The first-order chi connectivity index (χ1) is 8.25. The van der Waals surface area contributed by atoms with Crippen molar-refractivity contribution < 1.29 is 4.79 Å². The van der Waals surface area contributed by atoms with Crippen LogP contribution in [0.5, 0.6) is 0 Å². The number of nitrogens with zero attached hydrogens (tertiary/aromatic N) is 1. The van der Waals surface area contributed by atoms with Gasteiger partial charge in [0.25, 0.3) is 0 Å². The van der Waals surface area contributed by atoms with Crippen molar-refractivity contribution in [2.24, 2.45) is 5.92 Å². The van der Waals surface area contributed by atoms with Crippen LogP contribution in [0.1, 0.15) is 19.3 Å². The van der Waals surface area contributed by atoms with E-state index in [0.717, 1.165) is 25.9 Å². The van der Waals surface area contributed by atoms with Crippen molar-refractivity contribution in [3.63, 3.8) is 0 Å². The number of rotatable bonds is 3. The largest absolute Gasteiger partial charge is 0.323 e. The zero-order chi connectivity index (χ0) is 12.1. The van der Waals surface area contributed by atoms with Crippen LogP contribution in [0.15, 0.2) is 18.5 Å². The molecule has 0 unspecified atom stereocenters. The molecule has 1 saturated heterocycles. The zero-order valence-corrected chi connectivity index (χ0v) is 10.3. The van der Waals surface area contributed by atoms with Crippen molar-refractivity contribution in [3.8, 4) is 0 Å². The monoisotopic (exact) mass is 253 g/mol. The molecule has 1 fully saturated rings. The molecule has 0 spiro atoms. The third kappa shape index (κ3) is 3.68. The van der Waals surface area contributed by atoms with Gasteiger partial charge in [-0.1, -0.05) is 11.6 Å². The van der Waals surface area contributed by atoms with Gasteiger partial charge < -0.3 is 10.6 Å². The maximum absolute atomic E-state index is 11.8. The molecule has 0 bridgehead atoms. The Morgan fingerprint density at radius 1 is 1.53 bits per heavy atom. The summed E-state index contributed by atoms with van der Waals surface area (Å²) < 4.78 is 0. The molecule has 92 valence electrons. The first-order valence-electron chi connectivity index (χ1n) is 5.86. The lowest BCUT2D eigenvalue weighted by Crippen LogP contribution is -2.30. The molecular weight excluding hydrogens is 238 g/mol. The number of amides is 1. The Balaban J connectivity index is 1.86. The molecule has 2 N–H and O–H groups in total. The lowest BCUT2D eigenvalue weighted by Gasteiger charge is -2.21. The third-order valence-electron chi connectivity index (χ3n) is 2.97. The Bertz CT molecular complexity index is 391. The number of carbonyl (C=O) groups excluding carboxylic acids is 1. The topological polar surface area (TPSA) is 54.0 Å². The van der Waals surface area contributed by atoms with E-state index in [0.29, 0.717) is 23.0 Å². The number of hydrogen-bond donors (Lipinski definition) is 2. The normalized spacial score (nSPS) is 16.8.